The summed E-state index contributed by atoms with van der Waals surface area (Å²) in [5.74, 6) is -1.26. The molecule has 2 amide bonds. The Morgan fingerprint density at radius 3 is 2.36 bits per heavy atom. The molecule has 4 rings (SSSR count). The van der Waals surface area contributed by atoms with Crippen molar-refractivity contribution in [3.63, 3.8) is 0 Å². The smallest absolute Gasteiger partial charge is 0.345 e. The first-order valence-corrected chi connectivity index (χ1v) is 13.0. The van der Waals surface area contributed by atoms with Crippen LogP contribution in [0.4, 0.5) is 5.69 Å². The van der Waals surface area contributed by atoms with Crippen molar-refractivity contribution in [2.45, 2.75) is 6.92 Å². The van der Waals surface area contributed by atoms with E-state index in [2.05, 4.69) is 31.8 Å². The second kappa shape index (κ2) is 12.7. The SMILES string of the molecule is Cc1cccc(C(=O)Nc2cccc(C(=O)NN=Cc3cc(Br)ccc3OC(=O)c3ccc(Cl)cc3Cl)c2)c1. The van der Waals surface area contributed by atoms with Crippen LogP contribution in [0.1, 0.15) is 42.2 Å². The van der Waals surface area contributed by atoms with Crippen molar-refractivity contribution in [3.05, 3.63) is 127 Å². The fourth-order valence-electron chi connectivity index (χ4n) is 3.48. The molecule has 7 nitrogen and oxygen atoms in total. The minimum absolute atomic E-state index is 0.148. The summed E-state index contributed by atoms with van der Waals surface area (Å²) in [7, 11) is 0. The molecular formula is C29H20BrCl2N3O4. The molecule has 0 aliphatic heterocycles. The van der Waals surface area contributed by atoms with Gasteiger partial charge in [0.15, 0.2) is 0 Å². The number of aryl methyl sites for hydroxylation is 1. The number of anilines is 1. The molecule has 0 fully saturated rings. The predicted octanol–water partition coefficient (Wildman–Crippen LogP) is 7.30. The molecule has 0 radical (unpaired) electrons. The number of hydrogen-bond donors (Lipinski definition) is 2. The highest BCUT2D eigenvalue weighted by molar-refractivity contribution is 9.10. The molecule has 0 atom stereocenters. The van der Waals surface area contributed by atoms with Gasteiger partial charge in [0.25, 0.3) is 11.8 Å². The lowest BCUT2D eigenvalue weighted by molar-refractivity contribution is 0.0734. The molecule has 2 N–H and O–H groups in total. The Morgan fingerprint density at radius 1 is 0.872 bits per heavy atom. The molecule has 0 aliphatic rings. The van der Waals surface area contributed by atoms with Gasteiger partial charge in [-0.15, -0.1) is 0 Å². The summed E-state index contributed by atoms with van der Waals surface area (Å²) in [6.07, 6.45) is 1.35. The quantitative estimate of drug-likeness (QED) is 0.0976. The van der Waals surface area contributed by atoms with Crippen molar-refractivity contribution in [2.75, 3.05) is 5.32 Å². The highest BCUT2D eigenvalue weighted by Gasteiger charge is 2.15. The number of carbonyl (C=O) groups is 3. The third-order valence-corrected chi connectivity index (χ3v) is 6.40. The average molecular weight is 625 g/mol. The van der Waals surface area contributed by atoms with Crippen molar-refractivity contribution in [1.82, 2.24) is 5.43 Å². The zero-order chi connectivity index (χ0) is 27.9. The summed E-state index contributed by atoms with van der Waals surface area (Å²) < 4.78 is 6.22. The van der Waals surface area contributed by atoms with E-state index in [-0.39, 0.29) is 27.8 Å². The zero-order valence-corrected chi connectivity index (χ0v) is 23.5. The number of nitrogens with one attached hydrogen (secondary N) is 2. The normalized spacial score (nSPS) is 10.8. The van der Waals surface area contributed by atoms with E-state index >= 15 is 0 Å². The number of carbonyl (C=O) groups excluding carboxylic acids is 3. The second-order valence-corrected chi connectivity index (χ2v) is 10.1. The maximum absolute atomic E-state index is 12.7. The summed E-state index contributed by atoms with van der Waals surface area (Å²) >= 11 is 15.4. The minimum atomic E-state index is -0.679. The van der Waals surface area contributed by atoms with Crippen LogP contribution in [0.5, 0.6) is 5.75 Å². The molecule has 4 aromatic rings. The van der Waals surface area contributed by atoms with Gasteiger partial charge in [0.1, 0.15) is 5.75 Å². The van der Waals surface area contributed by atoms with Crippen LogP contribution in [0.3, 0.4) is 0 Å². The van der Waals surface area contributed by atoms with Gasteiger partial charge < -0.3 is 10.1 Å². The lowest BCUT2D eigenvalue weighted by Crippen LogP contribution is -2.18. The van der Waals surface area contributed by atoms with Crippen LogP contribution < -0.4 is 15.5 Å². The number of nitrogens with zero attached hydrogens (tertiary/aromatic N) is 1. The van der Waals surface area contributed by atoms with E-state index in [1.54, 1.807) is 60.7 Å². The van der Waals surface area contributed by atoms with E-state index in [0.717, 1.165) is 5.56 Å². The summed E-state index contributed by atoms with van der Waals surface area (Å²) in [6, 6.07) is 23.1. The number of esters is 1. The Kier molecular flexibility index (Phi) is 9.14. The highest BCUT2D eigenvalue weighted by Crippen LogP contribution is 2.26. The first-order chi connectivity index (χ1) is 18.7. The Morgan fingerprint density at radius 2 is 1.62 bits per heavy atom. The number of hydrogen-bond acceptors (Lipinski definition) is 5. The molecule has 10 heteroatoms. The fourth-order valence-corrected chi connectivity index (χ4v) is 4.34. The third kappa shape index (κ3) is 7.54. The van der Waals surface area contributed by atoms with Crippen LogP contribution in [-0.4, -0.2) is 24.0 Å². The Hall–Kier alpha value is -3.98. The number of benzene rings is 4. The Bertz CT molecular complexity index is 1610. The van der Waals surface area contributed by atoms with Crippen molar-refractivity contribution in [3.8, 4) is 5.75 Å². The molecule has 39 heavy (non-hydrogen) atoms. The lowest BCUT2D eigenvalue weighted by atomic mass is 10.1. The molecular weight excluding hydrogens is 605 g/mol. The molecule has 0 heterocycles. The van der Waals surface area contributed by atoms with Crippen LogP contribution in [0.2, 0.25) is 10.0 Å². The monoisotopic (exact) mass is 623 g/mol. The van der Waals surface area contributed by atoms with E-state index < -0.39 is 11.9 Å². The average Bonchev–Trinajstić information content (AvgIpc) is 2.90. The van der Waals surface area contributed by atoms with E-state index in [1.807, 2.05) is 13.0 Å². The van der Waals surface area contributed by atoms with Gasteiger partial charge in [-0.2, -0.15) is 5.10 Å². The van der Waals surface area contributed by atoms with Gasteiger partial charge in [0, 0.05) is 31.9 Å². The molecule has 0 unspecified atom stereocenters. The first kappa shape index (κ1) is 28.0. The van der Waals surface area contributed by atoms with Crippen molar-refractivity contribution in [2.24, 2.45) is 5.10 Å². The van der Waals surface area contributed by atoms with Crippen LogP contribution in [0, 0.1) is 6.92 Å². The molecule has 0 spiro atoms. The molecule has 0 saturated carbocycles. The number of ether oxygens (including phenoxy) is 1. The van der Waals surface area contributed by atoms with Gasteiger partial charge in [0.05, 0.1) is 16.8 Å². The fraction of sp³-hybridized carbons (Fsp3) is 0.0345. The number of rotatable bonds is 7. The standard InChI is InChI=1S/C29H20BrCl2N3O4/c1-17-4-2-5-18(12-17)27(36)34-23-7-3-6-19(14-23)28(37)35-33-16-20-13-21(30)8-11-26(20)39-29(38)24-10-9-22(31)15-25(24)32/h2-16H,1H3,(H,34,36)(H,35,37). The highest BCUT2D eigenvalue weighted by atomic mass is 79.9. The summed E-state index contributed by atoms with van der Waals surface area (Å²) in [5.41, 5.74) is 5.23. The van der Waals surface area contributed by atoms with E-state index in [1.165, 1.54) is 24.4 Å². The van der Waals surface area contributed by atoms with E-state index in [4.69, 9.17) is 27.9 Å². The predicted molar refractivity (Wildman–Crippen MR) is 156 cm³/mol. The van der Waals surface area contributed by atoms with E-state index in [0.29, 0.717) is 26.3 Å². The maximum Gasteiger partial charge on any atom is 0.345 e. The van der Waals surface area contributed by atoms with Crippen LogP contribution in [0.15, 0.2) is 94.5 Å². The molecule has 0 saturated heterocycles. The Labute approximate surface area is 242 Å². The number of hydrazone groups is 1. The number of halogens is 3. The largest absolute Gasteiger partial charge is 0.422 e. The van der Waals surface area contributed by atoms with Gasteiger partial charge in [-0.3, -0.25) is 9.59 Å². The van der Waals surface area contributed by atoms with Crippen LogP contribution in [0.25, 0.3) is 0 Å². The summed E-state index contributed by atoms with van der Waals surface area (Å²) in [4.78, 5) is 37.9. The van der Waals surface area contributed by atoms with Crippen LogP contribution >= 0.6 is 39.1 Å². The first-order valence-electron chi connectivity index (χ1n) is 11.5. The van der Waals surface area contributed by atoms with Gasteiger partial charge in [-0.25, -0.2) is 10.2 Å². The van der Waals surface area contributed by atoms with E-state index in [9.17, 15) is 14.4 Å². The maximum atomic E-state index is 12.7. The zero-order valence-electron chi connectivity index (χ0n) is 20.4. The van der Waals surface area contributed by atoms with Gasteiger partial charge in [-0.05, 0) is 73.7 Å². The molecule has 0 bridgehead atoms. The summed E-state index contributed by atoms with van der Waals surface area (Å²) in [5, 5.41) is 7.34. The molecule has 0 aromatic heterocycles. The van der Waals surface area contributed by atoms with Crippen molar-refractivity contribution in [1.29, 1.82) is 0 Å². The molecule has 4 aromatic carbocycles. The Balaban J connectivity index is 1.44. The van der Waals surface area contributed by atoms with Gasteiger partial charge in [0.2, 0.25) is 0 Å². The molecule has 0 aliphatic carbocycles. The molecule has 196 valence electrons. The van der Waals surface area contributed by atoms with Crippen molar-refractivity contribution >= 4 is 68.8 Å². The van der Waals surface area contributed by atoms with Crippen LogP contribution in [-0.2, 0) is 0 Å². The van der Waals surface area contributed by atoms with Crippen molar-refractivity contribution < 1.29 is 19.1 Å². The summed E-state index contributed by atoms with van der Waals surface area (Å²) in [6.45, 7) is 1.90. The van der Waals surface area contributed by atoms with Gasteiger partial charge in [-0.1, -0.05) is 62.9 Å². The number of amides is 2. The van der Waals surface area contributed by atoms with Gasteiger partial charge >= 0.3 is 5.97 Å². The topological polar surface area (TPSA) is 96.9 Å². The minimum Gasteiger partial charge on any atom is -0.422 e. The lowest BCUT2D eigenvalue weighted by Gasteiger charge is -2.09. The second-order valence-electron chi connectivity index (χ2n) is 8.30. The third-order valence-electron chi connectivity index (χ3n) is 5.36.